The molecule has 0 aliphatic carbocycles. The molecule has 0 bridgehead atoms. The highest BCUT2D eigenvalue weighted by molar-refractivity contribution is 6.28. The maximum Gasteiger partial charge on any atom is 0.224 e. The summed E-state index contributed by atoms with van der Waals surface area (Å²) >= 11 is 5.61. The molecule has 0 spiro atoms. The Labute approximate surface area is 84.7 Å². The molecule has 0 saturated carbocycles. The first-order valence-corrected chi connectivity index (χ1v) is 4.29. The highest BCUT2D eigenvalue weighted by Gasteiger charge is 1.98. The van der Waals surface area contributed by atoms with Crippen LogP contribution in [0.2, 0.25) is 5.28 Å². The van der Waals surface area contributed by atoms with Crippen molar-refractivity contribution in [3.63, 3.8) is 0 Å². The molecule has 2 N–H and O–H groups in total. The van der Waals surface area contributed by atoms with Crippen molar-refractivity contribution in [2.24, 2.45) is 0 Å². The number of aromatic nitrogens is 5. The molecule has 7 heteroatoms. The summed E-state index contributed by atoms with van der Waals surface area (Å²) in [5.74, 6) is 0.660. The van der Waals surface area contributed by atoms with Gasteiger partial charge < -0.3 is 5.32 Å². The summed E-state index contributed by atoms with van der Waals surface area (Å²) in [5.41, 5.74) is 0.805. The molecule has 0 unspecified atom stereocenters. The second-order valence-corrected chi connectivity index (χ2v) is 2.86. The quantitative estimate of drug-likeness (QED) is 0.735. The summed E-state index contributed by atoms with van der Waals surface area (Å²) < 4.78 is 0. The molecule has 0 aliphatic rings. The Morgan fingerprint density at radius 3 is 3.14 bits per heavy atom. The Hall–Kier alpha value is -1.69. The largest absolute Gasteiger partial charge is 0.364 e. The van der Waals surface area contributed by atoms with Gasteiger partial charge in [-0.3, -0.25) is 0 Å². The minimum Gasteiger partial charge on any atom is -0.364 e. The minimum absolute atomic E-state index is 0.218. The van der Waals surface area contributed by atoms with Crippen LogP contribution in [0.3, 0.4) is 0 Å². The summed E-state index contributed by atoms with van der Waals surface area (Å²) in [6.45, 7) is 0.545. The van der Waals surface area contributed by atoms with E-state index in [1.54, 1.807) is 18.5 Å². The average molecular weight is 211 g/mol. The Balaban J connectivity index is 1.98. The normalized spacial score (nSPS) is 10.1. The van der Waals surface area contributed by atoms with Crippen LogP contribution < -0.4 is 5.32 Å². The molecular formula is C7H7ClN6. The molecule has 0 radical (unpaired) electrons. The fourth-order valence-corrected chi connectivity index (χ4v) is 1.07. The lowest BCUT2D eigenvalue weighted by atomic mass is 10.4. The van der Waals surface area contributed by atoms with Crippen molar-refractivity contribution in [3.8, 4) is 0 Å². The van der Waals surface area contributed by atoms with Crippen molar-refractivity contribution in [1.29, 1.82) is 0 Å². The third-order valence-corrected chi connectivity index (χ3v) is 1.72. The molecular weight excluding hydrogens is 204 g/mol. The first-order valence-electron chi connectivity index (χ1n) is 3.91. The number of hydrogen-bond donors (Lipinski definition) is 2. The van der Waals surface area contributed by atoms with E-state index in [0.29, 0.717) is 12.4 Å². The number of aromatic amines is 1. The summed E-state index contributed by atoms with van der Waals surface area (Å²) in [4.78, 5) is 7.72. The highest BCUT2D eigenvalue weighted by Crippen LogP contribution is 2.06. The molecule has 14 heavy (non-hydrogen) atoms. The fraction of sp³-hybridized carbons (Fsp3) is 0.143. The van der Waals surface area contributed by atoms with Crippen LogP contribution in [0, 0.1) is 0 Å². The van der Waals surface area contributed by atoms with Crippen molar-refractivity contribution >= 4 is 17.4 Å². The van der Waals surface area contributed by atoms with E-state index >= 15 is 0 Å². The standard InChI is InChI=1S/C7H7ClN6/c8-7-9-2-1-6(12-7)10-3-5-4-11-14-13-5/h1-2,4H,3H2,(H,9,10,12)(H,11,13,14). The van der Waals surface area contributed by atoms with Crippen molar-refractivity contribution < 1.29 is 0 Å². The van der Waals surface area contributed by atoms with E-state index in [4.69, 9.17) is 11.6 Å². The van der Waals surface area contributed by atoms with Gasteiger partial charge in [0.15, 0.2) is 0 Å². The van der Waals surface area contributed by atoms with E-state index in [2.05, 4.69) is 30.7 Å². The van der Waals surface area contributed by atoms with Crippen LogP contribution in [-0.4, -0.2) is 25.4 Å². The SMILES string of the molecule is Clc1nccc(NCc2cn[nH]n2)n1. The van der Waals surface area contributed by atoms with Crippen LogP contribution >= 0.6 is 11.6 Å². The molecule has 2 rings (SSSR count). The van der Waals surface area contributed by atoms with Gasteiger partial charge in [0.05, 0.1) is 12.7 Å². The smallest absolute Gasteiger partial charge is 0.224 e. The highest BCUT2D eigenvalue weighted by atomic mass is 35.5. The van der Waals surface area contributed by atoms with E-state index in [1.807, 2.05) is 0 Å². The molecule has 0 aromatic carbocycles. The van der Waals surface area contributed by atoms with Crippen LogP contribution in [0.25, 0.3) is 0 Å². The van der Waals surface area contributed by atoms with Crippen LogP contribution in [0.5, 0.6) is 0 Å². The van der Waals surface area contributed by atoms with Gasteiger partial charge in [0, 0.05) is 6.20 Å². The van der Waals surface area contributed by atoms with Gasteiger partial charge in [-0.1, -0.05) is 0 Å². The second-order valence-electron chi connectivity index (χ2n) is 2.53. The number of hydrogen-bond acceptors (Lipinski definition) is 5. The van der Waals surface area contributed by atoms with Crippen molar-refractivity contribution in [2.75, 3.05) is 5.32 Å². The molecule has 0 amide bonds. The average Bonchev–Trinajstić information content (AvgIpc) is 2.67. The molecule has 0 saturated heterocycles. The Morgan fingerprint density at radius 2 is 2.43 bits per heavy atom. The molecule has 0 atom stereocenters. The summed E-state index contributed by atoms with van der Waals surface area (Å²) in [6.07, 6.45) is 3.22. The Morgan fingerprint density at radius 1 is 1.50 bits per heavy atom. The molecule has 72 valence electrons. The molecule has 6 nitrogen and oxygen atoms in total. The zero-order valence-electron chi connectivity index (χ0n) is 7.11. The van der Waals surface area contributed by atoms with Gasteiger partial charge in [0.25, 0.3) is 0 Å². The van der Waals surface area contributed by atoms with Gasteiger partial charge in [-0.25, -0.2) is 9.97 Å². The van der Waals surface area contributed by atoms with Crippen LogP contribution in [0.15, 0.2) is 18.5 Å². The third-order valence-electron chi connectivity index (χ3n) is 1.54. The monoisotopic (exact) mass is 210 g/mol. The van der Waals surface area contributed by atoms with Crippen molar-refractivity contribution in [3.05, 3.63) is 29.4 Å². The van der Waals surface area contributed by atoms with Crippen molar-refractivity contribution in [2.45, 2.75) is 6.54 Å². The van der Waals surface area contributed by atoms with Gasteiger partial charge in [0.1, 0.15) is 11.5 Å². The van der Waals surface area contributed by atoms with Gasteiger partial charge in [-0.05, 0) is 17.7 Å². The number of nitrogens with one attached hydrogen (secondary N) is 2. The number of H-pyrrole nitrogens is 1. The summed E-state index contributed by atoms with van der Waals surface area (Å²) in [7, 11) is 0. The number of halogens is 1. The fourth-order valence-electron chi connectivity index (χ4n) is 0.925. The minimum atomic E-state index is 0.218. The molecule has 2 aromatic heterocycles. The van der Waals surface area contributed by atoms with Crippen molar-refractivity contribution in [1.82, 2.24) is 25.4 Å². The Kier molecular flexibility index (Phi) is 2.55. The van der Waals surface area contributed by atoms with E-state index in [9.17, 15) is 0 Å². The predicted octanol–water partition coefficient (Wildman–Crippen LogP) is 0.860. The summed E-state index contributed by atoms with van der Waals surface area (Å²) in [5, 5.41) is 13.3. The summed E-state index contributed by atoms with van der Waals surface area (Å²) in [6, 6.07) is 1.73. The van der Waals surface area contributed by atoms with E-state index in [0.717, 1.165) is 5.69 Å². The van der Waals surface area contributed by atoms with E-state index < -0.39 is 0 Å². The number of rotatable bonds is 3. The van der Waals surface area contributed by atoms with Crippen LogP contribution in [0.4, 0.5) is 5.82 Å². The van der Waals surface area contributed by atoms with E-state index in [-0.39, 0.29) is 5.28 Å². The van der Waals surface area contributed by atoms with Gasteiger partial charge in [0.2, 0.25) is 5.28 Å². The van der Waals surface area contributed by atoms with E-state index in [1.165, 1.54) is 0 Å². The first kappa shape index (κ1) is 8.89. The van der Waals surface area contributed by atoms with Crippen LogP contribution in [0.1, 0.15) is 5.69 Å². The topological polar surface area (TPSA) is 79.4 Å². The number of nitrogens with zero attached hydrogens (tertiary/aromatic N) is 4. The van der Waals surface area contributed by atoms with Crippen LogP contribution in [-0.2, 0) is 6.54 Å². The Bertz CT molecular complexity index is 400. The lowest BCUT2D eigenvalue weighted by Crippen LogP contribution is -2.02. The molecule has 0 aliphatic heterocycles. The molecule has 2 aromatic rings. The zero-order valence-corrected chi connectivity index (χ0v) is 7.86. The predicted molar refractivity (Wildman–Crippen MR) is 50.8 cm³/mol. The number of anilines is 1. The first-order chi connectivity index (χ1) is 6.84. The molecule has 2 heterocycles. The third kappa shape index (κ3) is 2.17. The van der Waals surface area contributed by atoms with Gasteiger partial charge in [-0.15, -0.1) is 0 Å². The maximum absolute atomic E-state index is 5.61. The van der Waals surface area contributed by atoms with Gasteiger partial charge >= 0.3 is 0 Å². The zero-order chi connectivity index (χ0) is 9.80. The van der Waals surface area contributed by atoms with Gasteiger partial charge in [-0.2, -0.15) is 15.4 Å². The maximum atomic E-state index is 5.61. The lowest BCUT2D eigenvalue weighted by Gasteiger charge is -2.01. The molecule has 0 fully saturated rings. The lowest BCUT2D eigenvalue weighted by molar-refractivity contribution is 0.908. The second kappa shape index (κ2) is 4.01.